The van der Waals surface area contributed by atoms with Crippen molar-refractivity contribution in [3.05, 3.63) is 29.8 Å². The van der Waals surface area contributed by atoms with E-state index in [1.807, 2.05) is 0 Å². The van der Waals surface area contributed by atoms with Gasteiger partial charge < -0.3 is 25.2 Å². The number of ether oxygens (including phenoxy) is 2. The first-order valence-corrected chi connectivity index (χ1v) is 12.6. The number of alkyl carbamates (subject to hydrolysis) is 1. The van der Waals surface area contributed by atoms with Crippen molar-refractivity contribution in [3.8, 4) is 5.75 Å². The minimum Gasteiger partial charge on any atom is -0.497 e. The van der Waals surface area contributed by atoms with Gasteiger partial charge in [-0.15, -0.1) is 0 Å². The van der Waals surface area contributed by atoms with Gasteiger partial charge in [-0.1, -0.05) is 69.3 Å². The number of thioether (sulfide) groups is 1. The minimum atomic E-state index is -1.21. The van der Waals surface area contributed by atoms with E-state index in [9.17, 15) is 19.2 Å². The third-order valence-corrected chi connectivity index (χ3v) is 5.97. The van der Waals surface area contributed by atoms with E-state index in [1.165, 1.54) is 25.7 Å². The summed E-state index contributed by atoms with van der Waals surface area (Å²) in [4.78, 5) is 47.5. The van der Waals surface area contributed by atoms with Crippen molar-refractivity contribution in [2.45, 2.75) is 70.9 Å². The number of aliphatic carboxylic acids is 1. The van der Waals surface area contributed by atoms with Crippen LogP contribution in [0.3, 0.4) is 0 Å². The van der Waals surface area contributed by atoms with Gasteiger partial charge >= 0.3 is 12.1 Å². The maximum atomic E-state index is 12.3. The molecule has 0 heterocycles. The first-order valence-electron chi connectivity index (χ1n) is 11.6. The van der Waals surface area contributed by atoms with E-state index in [2.05, 4.69) is 17.6 Å². The molecule has 34 heavy (non-hydrogen) atoms. The molecule has 0 spiro atoms. The number of carbonyl (C=O) groups is 4. The number of methoxy groups -OCH3 is 1. The minimum absolute atomic E-state index is 0.0155. The third-order valence-electron chi connectivity index (χ3n) is 4.95. The molecule has 1 aromatic carbocycles. The van der Waals surface area contributed by atoms with Crippen molar-refractivity contribution in [3.63, 3.8) is 0 Å². The number of nitrogens with one attached hydrogen (secondary N) is 2. The molecule has 0 aliphatic carbocycles. The molecule has 1 rings (SSSR count). The predicted molar refractivity (Wildman–Crippen MR) is 131 cm³/mol. The molecule has 10 heteroatoms. The topological polar surface area (TPSA) is 131 Å². The number of carboxylic acid groups (broad SMARTS) is 1. The Morgan fingerprint density at radius 1 is 1.00 bits per heavy atom. The lowest BCUT2D eigenvalue weighted by atomic mass is 10.1. The largest absolute Gasteiger partial charge is 0.497 e. The van der Waals surface area contributed by atoms with Gasteiger partial charge in [0.1, 0.15) is 24.9 Å². The third kappa shape index (κ3) is 13.7. The molecule has 0 aliphatic rings. The Morgan fingerprint density at radius 3 is 2.26 bits per heavy atom. The summed E-state index contributed by atoms with van der Waals surface area (Å²) in [6.07, 6.45) is 7.22. The number of unbranched alkanes of at least 4 members (excludes halogenated alkanes) is 6. The molecule has 0 radical (unpaired) electrons. The number of carbonyl (C=O) groups excluding carboxylic acids is 3. The summed E-state index contributed by atoms with van der Waals surface area (Å²) in [7, 11) is 1.55. The summed E-state index contributed by atoms with van der Waals surface area (Å²) < 4.78 is 10.2. The van der Waals surface area contributed by atoms with Crippen LogP contribution in [0.25, 0.3) is 0 Å². The fraction of sp³-hybridized carbons (Fsp3) is 0.583. The van der Waals surface area contributed by atoms with Gasteiger partial charge in [0.05, 0.1) is 7.11 Å². The zero-order valence-corrected chi connectivity index (χ0v) is 20.8. The monoisotopic (exact) mass is 496 g/mol. The molecule has 2 amide bonds. The lowest BCUT2D eigenvalue weighted by Gasteiger charge is -2.17. The lowest BCUT2D eigenvalue weighted by Crippen LogP contribution is -2.49. The number of carboxylic acids is 1. The van der Waals surface area contributed by atoms with Crippen molar-refractivity contribution in [1.29, 1.82) is 0 Å². The molecule has 3 N–H and O–H groups in total. The van der Waals surface area contributed by atoms with E-state index in [0.717, 1.165) is 36.6 Å². The molecule has 0 saturated heterocycles. The fourth-order valence-electron chi connectivity index (χ4n) is 3.00. The molecular weight excluding hydrogens is 460 g/mol. The maximum absolute atomic E-state index is 12.3. The Labute approximate surface area is 205 Å². The second-order valence-corrected chi connectivity index (χ2v) is 8.86. The lowest BCUT2D eigenvalue weighted by molar-refractivity contribution is -0.138. The van der Waals surface area contributed by atoms with Crippen LogP contribution in [-0.4, -0.2) is 53.6 Å². The maximum Gasteiger partial charge on any atom is 0.408 e. The Bertz CT molecular complexity index is 771. The average Bonchev–Trinajstić information content (AvgIpc) is 2.83. The molecule has 9 nitrogen and oxygen atoms in total. The van der Waals surface area contributed by atoms with Crippen molar-refractivity contribution >= 4 is 34.8 Å². The summed E-state index contributed by atoms with van der Waals surface area (Å²) in [5, 5.41) is 13.4. The Balaban J connectivity index is 2.48. The summed E-state index contributed by atoms with van der Waals surface area (Å²) in [6, 6.07) is 5.83. The molecule has 190 valence electrons. The molecule has 1 aromatic rings. The fourth-order valence-corrected chi connectivity index (χ4v) is 3.87. The summed E-state index contributed by atoms with van der Waals surface area (Å²) >= 11 is 0.948. The second kappa shape index (κ2) is 17.7. The molecule has 0 aromatic heterocycles. The van der Waals surface area contributed by atoms with Crippen LogP contribution in [-0.2, 0) is 25.7 Å². The van der Waals surface area contributed by atoms with Crippen LogP contribution < -0.4 is 15.4 Å². The summed E-state index contributed by atoms with van der Waals surface area (Å²) in [6.45, 7) is 1.55. The molecule has 0 saturated carbocycles. The molecule has 0 aliphatic heterocycles. The van der Waals surface area contributed by atoms with E-state index >= 15 is 0 Å². The predicted octanol–water partition coefficient (Wildman–Crippen LogP) is 3.89. The van der Waals surface area contributed by atoms with Crippen molar-refractivity contribution in [2.75, 3.05) is 19.4 Å². The summed E-state index contributed by atoms with van der Waals surface area (Å²) in [5.41, 5.74) is 0.724. The van der Waals surface area contributed by atoms with Crippen LogP contribution in [0.1, 0.15) is 63.9 Å². The molecular formula is C24H36N2O7S. The van der Waals surface area contributed by atoms with Gasteiger partial charge in [0.15, 0.2) is 5.12 Å². The van der Waals surface area contributed by atoms with E-state index in [-0.39, 0.29) is 17.5 Å². The van der Waals surface area contributed by atoms with Crippen LogP contribution in [0.15, 0.2) is 24.3 Å². The van der Waals surface area contributed by atoms with E-state index in [0.29, 0.717) is 12.2 Å². The highest BCUT2D eigenvalue weighted by molar-refractivity contribution is 8.13. The number of hydrogen-bond acceptors (Lipinski definition) is 7. The van der Waals surface area contributed by atoms with Gasteiger partial charge in [0, 0.05) is 12.2 Å². The highest BCUT2D eigenvalue weighted by Crippen LogP contribution is 2.15. The number of hydrogen-bond donors (Lipinski definition) is 3. The van der Waals surface area contributed by atoms with Crippen LogP contribution >= 0.6 is 11.8 Å². The van der Waals surface area contributed by atoms with Gasteiger partial charge in [0.25, 0.3) is 0 Å². The number of rotatable bonds is 17. The Morgan fingerprint density at radius 2 is 1.65 bits per heavy atom. The smallest absolute Gasteiger partial charge is 0.408 e. The van der Waals surface area contributed by atoms with Crippen LogP contribution in [0.4, 0.5) is 4.79 Å². The van der Waals surface area contributed by atoms with Crippen molar-refractivity contribution < 1.29 is 33.8 Å². The van der Waals surface area contributed by atoms with Crippen LogP contribution in [0.5, 0.6) is 5.75 Å². The van der Waals surface area contributed by atoms with Gasteiger partial charge in [-0.05, 0) is 24.1 Å². The first kappa shape index (κ1) is 29.3. The van der Waals surface area contributed by atoms with E-state index in [1.54, 1.807) is 31.4 Å². The van der Waals surface area contributed by atoms with Crippen LogP contribution in [0, 0.1) is 0 Å². The zero-order valence-electron chi connectivity index (χ0n) is 20.0. The normalized spacial score (nSPS) is 11.4. The standard InChI is InChI=1S/C24H36N2O7S/c1-3-4-5-6-7-8-9-10-22(29)34-17-20(23(30)25-15-21(27)28)26-24(31)33-16-18-11-13-19(32-2)14-12-18/h11-14,20H,3-10,15-17H2,1-2H3,(H,25,30)(H,26,31)(H,27,28)/t20-/m0/s1. The molecule has 0 bridgehead atoms. The molecule has 1 atom stereocenters. The Hall–Kier alpha value is -2.75. The SMILES string of the molecule is CCCCCCCCCC(=O)SC[C@H](NC(=O)OCc1ccc(OC)cc1)C(=O)NCC(=O)O. The second-order valence-electron chi connectivity index (χ2n) is 7.79. The van der Waals surface area contributed by atoms with Crippen molar-refractivity contribution in [1.82, 2.24) is 10.6 Å². The quantitative estimate of drug-likeness (QED) is 0.277. The average molecular weight is 497 g/mol. The van der Waals surface area contributed by atoms with Gasteiger partial charge in [-0.25, -0.2) is 4.79 Å². The highest BCUT2D eigenvalue weighted by atomic mass is 32.2. The zero-order chi connectivity index (χ0) is 25.2. The van der Waals surface area contributed by atoms with E-state index in [4.69, 9.17) is 14.6 Å². The van der Waals surface area contributed by atoms with Gasteiger partial charge in [0.2, 0.25) is 5.91 Å². The Kier molecular flexibility index (Phi) is 15.2. The van der Waals surface area contributed by atoms with Gasteiger partial charge in [-0.3, -0.25) is 14.4 Å². The van der Waals surface area contributed by atoms with E-state index < -0.39 is 30.6 Å². The van der Waals surface area contributed by atoms with Crippen molar-refractivity contribution in [2.24, 2.45) is 0 Å². The molecule has 0 fully saturated rings. The highest BCUT2D eigenvalue weighted by Gasteiger charge is 2.23. The number of benzene rings is 1. The number of amides is 2. The summed E-state index contributed by atoms with van der Waals surface area (Å²) in [5.74, 6) is -1.25. The van der Waals surface area contributed by atoms with Gasteiger partial charge in [-0.2, -0.15) is 0 Å². The molecule has 0 unspecified atom stereocenters. The first-order chi connectivity index (χ1) is 16.3. The van der Waals surface area contributed by atoms with Crippen LogP contribution in [0.2, 0.25) is 0 Å².